The van der Waals surface area contributed by atoms with E-state index in [1.807, 2.05) is 0 Å². The average molecular weight is 334 g/mol. The van der Waals surface area contributed by atoms with Crippen LogP contribution in [0.5, 0.6) is 0 Å². The van der Waals surface area contributed by atoms with Gasteiger partial charge in [-0.3, -0.25) is 10.1 Å². The molecule has 0 atom stereocenters. The number of sulfonamides is 1. The van der Waals surface area contributed by atoms with Crippen LogP contribution in [0.3, 0.4) is 0 Å². The number of nitro groups is 1. The number of piperidine rings is 1. The van der Waals surface area contributed by atoms with Gasteiger partial charge in [0, 0.05) is 25.2 Å². The van der Waals surface area contributed by atoms with Crippen molar-refractivity contribution in [2.24, 2.45) is 11.7 Å². The molecule has 1 saturated heterocycles. The van der Waals surface area contributed by atoms with E-state index >= 15 is 0 Å². The van der Waals surface area contributed by atoms with Crippen molar-refractivity contribution in [1.82, 2.24) is 4.31 Å². The third-order valence-corrected chi connectivity index (χ3v) is 6.03. The lowest BCUT2D eigenvalue weighted by molar-refractivity contribution is -0.385. The van der Waals surface area contributed by atoms with Gasteiger partial charge < -0.3 is 5.73 Å². The van der Waals surface area contributed by atoms with E-state index in [1.165, 1.54) is 16.4 Å². The van der Waals surface area contributed by atoms with Crippen LogP contribution in [0.1, 0.15) is 12.8 Å². The normalized spacial score (nSPS) is 17.8. The molecule has 1 aromatic rings. The summed E-state index contributed by atoms with van der Waals surface area (Å²) in [5.74, 6) is 0.317. The Morgan fingerprint density at radius 1 is 1.38 bits per heavy atom. The van der Waals surface area contributed by atoms with Crippen LogP contribution in [0.2, 0.25) is 5.02 Å². The van der Waals surface area contributed by atoms with Gasteiger partial charge in [0.1, 0.15) is 4.90 Å². The summed E-state index contributed by atoms with van der Waals surface area (Å²) in [5.41, 5.74) is 5.29. The predicted octanol–water partition coefficient (Wildman–Crippen LogP) is 1.61. The maximum Gasteiger partial charge on any atom is 0.270 e. The molecule has 1 aliphatic rings. The maximum atomic E-state index is 12.6. The minimum Gasteiger partial charge on any atom is -0.330 e. The van der Waals surface area contributed by atoms with Gasteiger partial charge in [-0.15, -0.1) is 0 Å². The first kappa shape index (κ1) is 16.2. The van der Waals surface area contributed by atoms with Crippen molar-refractivity contribution in [2.45, 2.75) is 17.7 Å². The fraction of sp³-hybridized carbons (Fsp3) is 0.500. The first-order valence-corrected chi connectivity index (χ1v) is 8.32. The molecular weight excluding hydrogens is 318 g/mol. The summed E-state index contributed by atoms with van der Waals surface area (Å²) in [6, 6.07) is 3.42. The van der Waals surface area contributed by atoms with E-state index in [0.717, 1.165) is 6.07 Å². The van der Waals surface area contributed by atoms with Crippen molar-refractivity contribution < 1.29 is 13.3 Å². The van der Waals surface area contributed by atoms with Crippen LogP contribution in [0.25, 0.3) is 0 Å². The topological polar surface area (TPSA) is 107 Å². The van der Waals surface area contributed by atoms with Crippen LogP contribution >= 0.6 is 11.6 Å². The van der Waals surface area contributed by atoms with Gasteiger partial charge in [0.15, 0.2) is 0 Å². The van der Waals surface area contributed by atoms with Crippen molar-refractivity contribution in [3.8, 4) is 0 Å². The largest absolute Gasteiger partial charge is 0.330 e. The molecule has 21 heavy (non-hydrogen) atoms. The highest BCUT2D eigenvalue weighted by Crippen LogP contribution is 2.30. The molecule has 2 N–H and O–H groups in total. The molecule has 1 aromatic carbocycles. The van der Waals surface area contributed by atoms with E-state index in [1.54, 1.807) is 0 Å². The van der Waals surface area contributed by atoms with Gasteiger partial charge in [-0.25, -0.2) is 8.42 Å². The molecule has 0 aromatic heterocycles. The minimum absolute atomic E-state index is 0.0125. The molecule has 7 nitrogen and oxygen atoms in total. The van der Waals surface area contributed by atoms with E-state index in [4.69, 9.17) is 17.3 Å². The molecule has 0 spiro atoms. The Morgan fingerprint density at radius 2 is 2.00 bits per heavy atom. The Kier molecular flexibility index (Phi) is 4.82. The smallest absolute Gasteiger partial charge is 0.270 e. The van der Waals surface area contributed by atoms with Crippen LogP contribution < -0.4 is 5.73 Å². The lowest BCUT2D eigenvalue weighted by Gasteiger charge is -2.30. The zero-order chi connectivity index (χ0) is 15.6. The molecule has 1 aliphatic heterocycles. The van der Waals surface area contributed by atoms with Crippen LogP contribution in [0.15, 0.2) is 23.1 Å². The lowest BCUT2D eigenvalue weighted by Crippen LogP contribution is -2.40. The average Bonchev–Trinajstić information content (AvgIpc) is 2.47. The third-order valence-electron chi connectivity index (χ3n) is 3.65. The van der Waals surface area contributed by atoms with Gasteiger partial charge >= 0.3 is 0 Å². The van der Waals surface area contributed by atoms with Crippen LogP contribution in [0.4, 0.5) is 5.69 Å². The summed E-state index contributed by atoms with van der Waals surface area (Å²) < 4.78 is 26.4. The van der Waals surface area contributed by atoms with Crippen LogP contribution in [-0.4, -0.2) is 37.3 Å². The first-order valence-electron chi connectivity index (χ1n) is 6.50. The molecule has 1 fully saturated rings. The van der Waals surface area contributed by atoms with Crippen molar-refractivity contribution in [3.63, 3.8) is 0 Å². The summed E-state index contributed by atoms with van der Waals surface area (Å²) in [7, 11) is -3.82. The molecule has 0 saturated carbocycles. The van der Waals surface area contributed by atoms with Gasteiger partial charge in [0.25, 0.3) is 5.69 Å². The Hall–Kier alpha value is -1.22. The minimum atomic E-state index is -3.82. The van der Waals surface area contributed by atoms with Gasteiger partial charge in [-0.1, -0.05) is 11.6 Å². The second-order valence-electron chi connectivity index (χ2n) is 4.95. The Bertz CT molecular complexity index is 642. The second-order valence-corrected chi connectivity index (χ2v) is 7.27. The van der Waals surface area contributed by atoms with Gasteiger partial charge in [-0.2, -0.15) is 4.31 Å². The predicted molar refractivity (Wildman–Crippen MR) is 78.6 cm³/mol. The van der Waals surface area contributed by atoms with E-state index in [-0.39, 0.29) is 15.6 Å². The van der Waals surface area contributed by atoms with Crippen molar-refractivity contribution in [2.75, 3.05) is 19.6 Å². The fourth-order valence-corrected chi connectivity index (χ4v) is 4.29. The first-order chi connectivity index (χ1) is 9.86. The molecule has 9 heteroatoms. The highest BCUT2D eigenvalue weighted by Gasteiger charge is 2.31. The number of hydrogen-bond donors (Lipinski definition) is 1. The van der Waals surface area contributed by atoms with Crippen molar-refractivity contribution in [3.05, 3.63) is 33.3 Å². The van der Waals surface area contributed by atoms with E-state index in [9.17, 15) is 18.5 Å². The molecule has 0 aliphatic carbocycles. The number of halogens is 1. The summed E-state index contributed by atoms with van der Waals surface area (Å²) in [6.07, 6.45) is 1.37. The highest BCUT2D eigenvalue weighted by atomic mass is 35.5. The molecule has 116 valence electrons. The zero-order valence-corrected chi connectivity index (χ0v) is 12.8. The quantitative estimate of drug-likeness (QED) is 0.665. The summed E-state index contributed by atoms with van der Waals surface area (Å²) in [4.78, 5) is 9.93. The number of benzene rings is 1. The molecule has 0 unspecified atom stereocenters. The highest BCUT2D eigenvalue weighted by molar-refractivity contribution is 7.89. The molecular formula is C12H16ClN3O4S. The molecule has 1 heterocycles. The molecule has 0 bridgehead atoms. The maximum absolute atomic E-state index is 12.6. The third kappa shape index (κ3) is 3.34. The number of rotatable bonds is 4. The van der Waals surface area contributed by atoms with E-state index < -0.39 is 14.9 Å². The number of non-ortho nitro benzene ring substituents is 1. The number of nitrogens with zero attached hydrogens (tertiary/aromatic N) is 2. The standard InChI is InChI=1S/C12H16ClN3O4S/c13-11-2-1-10(16(17)18)7-12(11)21(19,20)15-5-3-9(8-14)4-6-15/h1-2,7,9H,3-6,8,14H2. The Morgan fingerprint density at radius 3 is 2.52 bits per heavy atom. The summed E-state index contributed by atoms with van der Waals surface area (Å²) in [6.45, 7) is 1.23. The number of nitrogens with two attached hydrogens (primary N) is 1. The summed E-state index contributed by atoms with van der Waals surface area (Å²) in [5, 5.41) is 10.8. The van der Waals surface area contributed by atoms with Crippen molar-refractivity contribution >= 4 is 27.3 Å². The SMILES string of the molecule is NCC1CCN(S(=O)(=O)c2cc([N+](=O)[O-])ccc2Cl)CC1. The monoisotopic (exact) mass is 333 g/mol. The molecule has 0 amide bonds. The van der Waals surface area contributed by atoms with Crippen molar-refractivity contribution in [1.29, 1.82) is 0 Å². The molecule has 0 radical (unpaired) electrons. The second kappa shape index (κ2) is 6.27. The van der Waals surface area contributed by atoms with Gasteiger partial charge in [-0.05, 0) is 31.4 Å². The Balaban J connectivity index is 2.32. The summed E-state index contributed by atoms with van der Waals surface area (Å²) >= 11 is 5.91. The van der Waals surface area contributed by atoms with E-state index in [0.29, 0.717) is 38.4 Å². The number of nitro benzene ring substituents is 1. The Labute approximate surface area is 127 Å². The zero-order valence-electron chi connectivity index (χ0n) is 11.2. The van der Waals surface area contributed by atoms with Gasteiger partial charge in [0.2, 0.25) is 10.0 Å². The van der Waals surface area contributed by atoms with Gasteiger partial charge in [0.05, 0.1) is 9.95 Å². The molecule has 2 rings (SSSR count). The number of hydrogen-bond acceptors (Lipinski definition) is 5. The van der Waals surface area contributed by atoms with Crippen LogP contribution in [-0.2, 0) is 10.0 Å². The fourth-order valence-electron chi connectivity index (χ4n) is 2.33. The lowest BCUT2D eigenvalue weighted by atomic mass is 9.99. The van der Waals surface area contributed by atoms with Crippen LogP contribution in [0, 0.1) is 16.0 Å². The van der Waals surface area contributed by atoms with E-state index in [2.05, 4.69) is 0 Å².